The number of carbonyl (C=O) groups is 1. The Bertz CT molecular complexity index is 1070. The van der Waals surface area contributed by atoms with Crippen LogP contribution in [-0.2, 0) is 19.6 Å². The predicted molar refractivity (Wildman–Crippen MR) is 118 cm³/mol. The number of hydrogen-bond acceptors (Lipinski definition) is 6. The first-order valence-electron chi connectivity index (χ1n) is 9.19. The second-order valence-electron chi connectivity index (χ2n) is 6.35. The molecule has 1 saturated heterocycles. The molecule has 0 atom stereocenters. The highest BCUT2D eigenvalue weighted by Crippen LogP contribution is 2.34. The van der Waals surface area contributed by atoms with Crippen molar-refractivity contribution in [2.75, 3.05) is 27.4 Å². The molecular weight excluding hydrogens is 424 g/mol. The molecule has 1 aliphatic heterocycles. The van der Waals surface area contributed by atoms with Crippen LogP contribution < -0.4 is 4.74 Å². The molecule has 30 heavy (non-hydrogen) atoms. The Morgan fingerprint density at radius 3 is 2.57 bits per heavy atom. The molecule has 158 valence electrons. The lowest BCUT2D eigenvalue weighted by Gasteiger charge is -2.15. The van der Waals surface area contributed by atoms with Gasteiger partial charge < -0.3 is 9.47 Å². The highest BCUT2D eigenvalue weighted by atomic mass is 32.2. The van der Waals surface area contributed by atoms with Crippen molar-refractivity contribution in [2.45, 2.75) is 11.3 Å². The fourth-order valence-electron chi connectivity index (χ4n) is 2.77. The van der Waals surface area contributed by atoms with E-state index in [2.05, 4.69) is 4.40 Å². The Hall–Kier alpha value is -2.62. The van der Waals surface area contributed by atoms with Gasteiger partial charge >= 0.3 is 0 Å². The first-order valence-corrected chi connectivity index (χ1v) is 11.4. The molecule has 3 rings (SSSR count). The Morgan fingerprint density at radius 2 is 1.87 bits per heavy atom. The second-order valence-corrected chi connectivity index (χ2v) is 8.97. The van der Waals surface area contributed by atoms with E-state index in [4.69, 9.17) is 9.47 Å². The highest BCUT2D eigenvalue weighted by Gasteiger charge is 2.34. The first kappa shape index (κ1) is 22.1. The normalized spacial score (nSPS) is 17.1. The van der Waals surface area contributed by atoms with E-state index in [1.807, 2.05) is 18.2 Å². The second kappa shape index (κ2) is 9.92. The molecule has 0 aromatic heterocycles. The van der Waals surface area contributed by atoms with E-state index in [-0.39, 0.29) is 16.0 Å². The molecule has 2 aromatic rings. The zero-order valence-corrected chi connectivity index (χ0v) is 18.3. The van der Waals surface area contributed by atoms with E-state index in [0.29, 0.717) is 30.2 Å². The van der Waals surface area contributed by atoms with E-state index in [1.165, 1.54) is 17.0 Å². The molecule has 0 saturated carbocycles. The molecule has 0 spiro atoms. The van der Waals surface area contributed by atoms with Crippen molar-refractivity contribution in [1.29, 1.82) is 0 Å². The zero-order valence-electron chi connectivity index (χ0n) is 16.6. The monoisotopic (exact) mass is 446 g/mol. The molecular formula is C21H22N2O5S2. The summed E-state index contributed by atoms with van der Waals surface area (Å²) in [7, 11) is -0.802. The van der Waals surface area contributed by atoms with Crippen molar-refractivity contribution in [3.63, 3.8) is 0 Å². The summed E-state index contributed by atoms with van der Waals surface area (Å²) in [6.45, 7) is 0.750. The topological polar surface area (TPSA) is 85.3 Å². The number of amides is 1. The van der Waals surface area contributed by atoms with E-state index in [0.717, 1.165) is 17.3 Å². The maximum absolute atomic E-state index is 13.0. The smallest absolute Gasteiger partial charge is 0.284 e. The van der Waals surface area contributed by atoms with Crippen LogP contribution in [0.15, 0.2) is 68.8 Å². The minimum Gasteiger partial charge on any atom is -0.497 e. The van der Waals surface area contributed by atoms with Crippen LogP contribution in [0.1, 0.15) is 12.0 Å². The number of hydrogen-bond donors (Lipinski definition) is 0. The van der Waals surface area contributed by atoms with Gasteiger partial charge in [0.1, 0.15) is 5.75 Å². The minimum absolute atomic E-state index is 0.0765. The molecule has 0 unspecified atom stereocenters. The average Bonchev–Trinajstić information content (AvgIpc) is 3.03. The molecule has 1 amide bonds. The van der Waals surface area contributed by atoms with Gasteiger partial charge in [-0.2, -0.15) is 8.42 Å². The zero-order chi connectivity index (χ0) is 21.6. The van der Waals surface area contributed by atoms with Crippen molar-refractivity contribution in [1.82, 2.24) is 4.90 Å². The highest BCUT2D eigenvalue weighted by molar-refractivity contribution is 8.19. The van der Waals surface area contributed by atoms with Gasteiger partial charge in [0, 0.05) is 20.3 Å². The molecule has 7 nitrogen and oxygen atoms in total. The van der Waals surface area contributed by atoms with Crippen LogP contribution in [0.3, 0.4) is 0 Å². The minimum atomic E-state index is -3.94. The number of sulfonamides is 1. The third-order valence-corrected chi connectivity index (χ3v) is 6.65. The number of carbonyl (C=O) groups excluding carboxylic acids is 1. The van der Waals surface area contributed by atoms with Gasteiger partial charge in [0.05, 0.1) is 16.9 Å². The third kappa shape index (κ3) is 5.29. The fourth-order valence-corrected chi connectivity index (χ4v) is 5.00. The van der Waals surface area contributed by atoms with Crippen molar-refractivity contribution < 1.29 is 22.7 Å². The number of thioether (sulfide) groups is 1. The molecule has 1 aliphatic rings. The molecule has 1 fully saturated rings. The van der Waals surface area contributed by atoms with Gasteiger partial charge in [-0.05, 0) is 54.1 Å². The third-order valence-electron chi connectivity index (χ3n) is 4.25. The molecule has 0 N–H and O–H groups in total. The summed E-state index contributed by atoms with van der Waals surface area (Å²) < 4.78 is 39.7. The Labute approximate surface area is 180 Å². The fraction of sp³-hybridized carbons (Fsp3) is 0.238. The van der Waals surface area contributed by atoms with Crippen LogP contribution >= 0.6 is 11.8 Å². The maximum atomic E-state index is 13.0. The van der Waals surface area contributed by atoms with Crippen molar-refractivity contribution >= 4 is 38.9 Å². The van der Waals surface area contributed by atoms with Gasteiger partial charge in [-0.1, -0.05) is 30.3 Å². The van der Waals surface area contributed by atoms with Gasteiger partial charge in [-0.15, -0.1) is 4.40 Å². The van der Waals surface area contributed by atoms with Crippen molar-refractivity contribution in [3.8, 4) is 5.75 Å². The molecule has 9 heteroatoms. The van der Waals surface area contributed by atoms with Gasteiger partial charge in [-0.25, -0.2) is 0 Å². The summed E-state index contributed by atoms with van der Waals surface area (Å²) >= 11 is 1.04. The van der Waals surface area contributed by atoms with Gasteiger partial charge in [0.25, 0.3) is 15.9 Å². The molecule has 1 heterocycles. The lowest BCUT2D eigenvalue weighted by Crippen LogP contribution is -2.31. The van der Waals surface area contributed by atoms with Gasteiger partial charge in [0.2, 0.25) is 0 Å². The Balaban J connectivity index is 1.96. The van der Waals surface area contributed by atoms with E-state index in [9.17, 15) is 13.2 Å². The standard InChI is InChI=1S/C21H22N2O5S2/c1-27-13-7-12-23-20(24)19(15-16-8-6-9-17(14-16)28-2)29-21(23)22-30(25,26)18-10-4-3-5-11-18/h3-6,8-11,14-15H,7,12-13H2,1-2H3/b19-15+,22-21+. The van der Waals surface area contributed by atoms with Gasteiger partial charge in [-0.3, -0.25) is 9.69 Å². The number of methoxy groups -OCH3 is 2. The quantitative estimate of drug-likeness (QED) is 0.456. The summed E-state index contributed by atoms with van der Waals surface area (Å²) in [6.07, 6.45) is 2.26. The van der Waals surface area contributed by atoms with Crippen LogP contribution in [0.4, 0.5) is 0 Å². The molecule has 2 aromatic carbocycles. The van der Waals surface area contributed by atoms with Crippen LogP contribution in [-0.4, -0.2) is 51.8 Å². The summed E-state index contributed by atoms with van der Waals surface area (Å²) in [5.41, 5.74) is 0.772. The van der Waals surface area contributed by atoms with E-state index in [1.54, 1.807) is 44.6 Å². The SMILES string of the molecule is COCCCN1C(=O)/C(=C\c2cccc(OC)c2)S/C1=N/S(=O)(=O)c1ccccc1. The van der Waals surface area contributed by atoms with Crippen molar-refractivity contribution in [2.24, 2.45) is 4.40 Å². The number of nitrogens with zero attached hydrogens (tertiary/aromatic N) is 2. The lowest BCUT2D eigenvalue weighted by molar-refractivity contribution is -0.122. The Kier molecular flexibility index (Phi) is 7.30. The summed E-state index contributed by atoms with van der Waals surface area (Å²) in [6, 6.07) is 15.2. The van der Waals surface area contributed by atoms with Crippen molar-refractivity contribution in [3.05, 3.63) is 65.1 Å². The van der Waals surface area contributed by atoms with Crippen LogP contribution in [0, 0.1) is 0 Å². The number of amidine groups is 1. The van der Waals surface area contributed by atoms with Crippen LogP contribution in [0.25, 0.3) is 6.08 Å². The van der Waals surface area contributed by atoms with Gasteiger partial charge in [0.15, 0.2) is 5.17 Å². The van der Waals surface area contributed by atoms with Crippen LogP contribution in [0.5, 0.6) is 5.75 Å². The largest absolute Gasteiger partial charge is 0.497 e. The first-order chi connectivity index (χ1) is 14.4. The number of ether oxygens (including phenoxy) is 2. The van der Waals surface area contributed by atoms with Crippen LogP contribution in [0.2, 0.25) is 0 Å². The molecule has 0 bridgehead atoms. The Morgan fingerprint density at radius 1 is 1.10 bits per heavy atom. The predicted octanol–water partition coefficient (Wildman–Crippen LogP) is 3.39. The number of rotatable bonds is 8. The summed E-state index contributed by atoms with van der Waals surface area (Å²) in [5.74, 6) is 0.373. The van der Waals surface area contributed by atoms with E-state index < -0.39 is 10.0 Å². The molecule has 0 radical (unpaired) electrons. The molecule has 0 aliphatic carbocycles. The maximum Gasteiger partial charge on any atom is 0.284 e. The number of benzene rings is 2. The average molecular weight is 447 g/mol. The lowest BCUT2D eigenvalue weighted by atomic mass is 10.2. The summed E-state index contributed by atoms with van der Waals surface area (Å²) in [5, 5.41) is 0.133. The van der Waals surface area contributed by atoms with E-state index >= 15 is 0 Å². The summed E-state index contributed by atoms with van der Waals surface area (Å²) in [4.78, 5) is 14.8.